The fourth-order valence-corrected chi connectivity index (χ4v) is 3.87. The number of anilines is 1. The third kappa shape index (κ3) is 2.65. The number of aromatic nitrogens is 2. The predicted molar refractivity (Wildman–Crippen MR) is 89.9 cm³/mol. The number of aryl methyl sites for hydroxylation is 1. The van der Waals surface area contributed by atoms with E-state index in [-0.39, 0.29) is 4.90 Å². The molecule has 0 saturated heterocycles. The van der Waals surface area contributed by atoms with E-state index in [0.717, 1.165) is 41.8 Å². The first-order valence-corrected chi connectivity index (χ1v) is 9.17. The molecule has 0 aliphatic heterocycles. The molecular weight excluding hydrogens is 329 g/mol. The summed E-state index contributed by atoms with van der Waals surface area (Å²) in [6.45, 7) is 0. The van der Waals surface area contributed by atoms with Gasteiger partial charge in [-0.05, 0) is 55.3 Å². The van der Waals surface area contributed by atoms with Crippen molar-refractivity contribution >= 4 is 26.7 Å². The lowest BCUT2D eigenvalue weighted by atomic mass is 10.3. The largest absolute Gasteiger partial charge is 0.331 e. The van der Waals surface area contributed by atoms with Crippen LogP contribution in [-0.4, -0.2) is 18.0 Å². The van der Waals surface area contributed by atoms with Crippen molar-refractivity contribution in [1.82, 2.24) is 9.55 Å². The normalized spacial score (nSPS) is 14.9. The minimum atomic E-state index is -3.76. The summed E-state index contributed by atoms with van der Waals surface area (Å²) in [5.41, 5.74) is 2.17. The first-order chi connectivity index (χ1) is 11.4. The Labute approximate surface area is 139 Å². The maximum absolute atomic E-state index is 13.0. The van der Waals surface area contributed by atoms with Crippen LogP contribution in [0.2, 0.25) is 0 Å². The molecular formula is C17H16FN3O2S. The van der Waals surface area contributed by atoms with Gasteiger partial charge in [-0.1, -0.05) is 0 Å². The molecule has 3 aromatic rings. The number of hydrogen-bond acceptors (Lipinski definition) is 3. The molecule has 1 aliphatic rings. The van der Waals surface area contributed by atoms with E-state index in [2.05, 4.69) is 14.3 Å². The van der Waals surface area contributed by atoms with Gasteiger partial charge in [0.1, 0.15) is 11.6 Å². The summed E-state index contributed by atoms with van der Waals surface area (Å²) in [5, 5.41) is 0. The Kier molecular flexibility index (Phi) is 3.35. The van der Waals surface area contributed by atoms with Crippen molar-refractivity contribution in [2.24, 2.45) is 7.05 Å². The highest BCUT2D eigenvalue weighted by Gasteiger charge is 2.28. The highest BCUT2D eigenvalue weighted by atomic mass is 32.2. The van der Waals surface area contributed by atoms with Gasteiger partial charge in [0.2, 0.25) is 0 Å². The van der Waals surface area contributed by atoms with E-state index in [1.165, 1.54) is 12.1 Å². The molecule has 2 aromatic carbocycles. The number of halogens is 1. The molecule has 1 N–H and O–H groups in total. The minimum absolute atomic E-state index is 0.0173. The Bertz CT molecular complexity index is 1020. The molecule has 1 heterocycles. The molecule has 1 fully saturated rings. The number of nitrogens with zero attached hydrogens (tertiary/aromatic N) is 2. The minimum Gasteiger partial charge on any atom is -0.331 e. The molecule has 5 nitrogen and oxygen atoms in total. The van der Waals surface area contributed by atoms with Crippen LogP contribution in [0.1, 0.15) is 24.6 Å². The molecule has 7 heteroatoms. The second-order valence-electron chi connectivity index (χ2n) is 6.07. The molecule has 1 aliphatic carbocycles. The van der Waals surface area contributed by atoms with Gasteiger partial charge in [0.05, 0.1) is 21.6 Å². The smallest absolute Gasteiger partial charge is 0.261 e. The van der Waals surface area contributed by atoms with Gasteiger partial charge < -0.3 is 4.57 Å². The Morgan fingerprint density at radius 1 is 1.17 bits per heavy atom. The van der Waals surface area contributed by atoms with Crippen LogP contribution in [0.25, 0.3) is 11.0 Å². The van der Waals surface area contributed by atoms with Crippen LogP contribution >= 0.6 is 0 Å². The highest BCUT2D eigenvalue weighted by molar-refractivity contribution is 7.92. The first kappa shape index (κ1) is 15.1. The van der Waals surface area contributed by atoms with Gasteiger partial charge >= 0.3 is 0 Å². The van der Waals surface area contributed by atoms with Crippen LogP contribution in [-0.2, 0) is 17.1 Å². The zero-order valence-electron chi connectivity index (χ0n) is 13.0. The lowest BCUT2D eigenvalue weighted by Crippen LogP contribution is -2.12. The summed E-state index contributed by atoms with van der Waals surface area (Å²) < 4.78 is 42.3. The van der Waals surface area contributed by atoms with Crippen molar-refractivity contribution in [3.8, 4) is 0 Å². The topological polar surface area (TPSA) is 64.0 Å². The van der Waals surface area contributed by atoms with Crippen molar-refractivity contribution < 1.29 is 12.8 Å². The molecule has 1 aromatic heterocycles. The summed E-state index contributed by atoms with van der Waals surface area (Å²) in [6.07, 6.45) is 2.31. The number of hydrogen-bond donors (Lipinski definition) is 1. The van der Waals surface area contributed by atoms with Gasteiger partial charge in [0.15, 0.2) is 0 Å². The fourth-order valence-electron chi connectivity index (χ4n) is 2.82. The lowest BCUT2D eigenvalue weighted by molar-refractivity contribution is 0.599. The summed E-state index contributed by atoms with van der Waals surface area (Å²) in [7, 11) is -1.78. The Morgan fingerprint density at radius 2 is 1.88 bits per heavy atom. The average molecular weight is 345 g/mol. The number of fused-ring (bicyclic) bond motifs is 1. The molecule has 124 valence electrons. The maximum Gasteiger partial charge on any atom is 0.261 e. The summed E-state index contributed by atoms with van der Waals surface area (Å²) in [5.74, 6) is 1.08. The molecule has 0 unspecified atom stereocenters. The molecule has 0 radical (unpaired) electrons. The van der Waals surface area contributed by atoms with Crippen molar-refractivity contribution in [1.29, 1.82) is 0 Å². The zero-order valence-corrected chi connectivity index (χ0v) is 13.8. The van der Waals surface area contributed by atoms with E-state index in [4.69, 9.17) is 0 Å². The van der Waals surface area contributed by atoms with E-state index in [1.54, 1.807) is 12.1 Å². The van der Waals surface area contributed by atoms with Crippen LogP contribution in [0, 0.1) is 5.82 Å². The van der Waals surface area contributed by atoms with Crippen molar-refractivity contribution in [2.75, 3.05) is 4.72 Å². The molecule has 0 bridgehead atoms. The molecule has 1 saturated carbocycles. The van der Waals surface area contributed by atoms with Crippen LogP contribution in [0.15, 0.2) is 47.4 Å². The second-order valence-corrected chi connectivity index (χ2v) is 7.75. The van der Waals surface area contributed by atoms with E-state index < -0.39 is 15.8 Å². The molecule has 0 atom stereocenters. The molecule has 24 heavy (non-hydrogen) atoms. The number of rotatable bonds is 4. The third-order valence-electron chi connectivity index (χ3n) is 4.23. The van der Waals surface area contributed by atoms with Crippen molar-refractivity contribution in [3.05, 3.63) is 54.1 Å². The van der Waals surface area contributed by atoms with Gasteiger partial charge in [-0.2, -0.15) is 0 Å². The predicted octanol–water partition coefficient (Wildman–Crippen LogP) is 3.39. The highest BCUT2D eigenvalue weighted by Crippen LogP contribution is 2.40. The van der Waals surface area contributed by atoms with Crippen LogP contribution in [0.3, 0.4) is 0 Å². The molecule has 0 spiro atoms. The number of sulfonamides is 1. The van der Waals surface area contributed by atoms with E-state index in [9.17, 15) is 12.8 Å². The van der Waals surface area contributed by atoms with Crippen molar-refractivity contribution in [3.63, 3.8) is 0 Å². The maximum atomic E-state index is 13.0. The Morgan fingerprint density at radius 3 is 2.54 bits per heavy atom. The second kappa shape index (κ2) is 5.31. The zero-order chi connectivity index (χ0) is 16.9. The first-order valence-electron chi connectivity index (χ1n) is 7.69. The summed E-state index contributed by atoms with van der Waals surface area (Å²) in [4.78, 5) is 4.65. The van der Waals surface area contributed by atoms with Crippen LogP contribution < -0.4 is 4.72 Å². The summed E-state index contributed by atoms with van der Waals surface area (Å²) in [6, 6.07) is 10.0. The van der Waals surface area contributed by atoms with Crippen LogP contribution in [0.4, 0.5) is 10.1 Å². The van der Waals surface area contributed by atoms with Crippen molar-refractivity contribution in [2.45, 2.75) is 23.7 Å². The molecule has 0 amide bonds. The average Bonchev–Trinajstić information content (AvgIpc) is 3.32. The monoisotopic (exact) mass is 345 g/mol. The van der Waals surface area contributed by atoms with Gasteiger partial charge in [0.25, 0.3) is 10.0 Å². The van der Waals surface area contributed by atoms with Crippen LogP contribution in [0.5, 0.6) is 0 Å². The summed E-state index contributed by atoms with van der Waals surface area (Å²) >= 11 is 0. The quantitative estimate of drug-likeness (QED) is 0.788. The van der Waals surface area contributed by atoms with E-state index >= 15 is 0 Å². The molecule has 4 rings (SSSR count). The number of nitrogens with one attached hydrogen (secondary N) is 1. The SMILES string of the molecule is Cn1c(C2CC2)nc2cc(NS(=O)(=O)c3ccc(F)cc3)ccc21. The lowest BCUT2D eigenvalue weighted by Gasteiger charge is -2.08. The van der Waals surface area contributed by atoms with Gasteiger partial charge in [0, 0.05) is 13.0 Å². The van der Waals surface area contributed by atoms with E-state index in [1.807, 2.05) is 13.1 Å². The fraction of sp³-hybridized carbons (Fsp3) is 0.235. The standard InChI is InChI=1S/C17H16FN3O2S/c1-21-16-9-6-13(10-15(16)19-17(21)11-2-3-11)20-24(22,23)14-7-4-12(18)5-8-14/h4-11,20H,2-3H2,1H3. The van der Waals surface area contributed by atoms with Gasteiger partial charge in [-0.3, -0.25) is 4.72 Å². The number of benzene rings is 2. The number of imidazole rings is 1. The van der Waals surface area contributed by atoms with Gasteiger partial charge in [-0.25, -0.2) is 17.8 Å². The van der Waals surface area contributed by atoms with E-state index in [0.29, 0.717) is 11.6 Å². The van der Waals surface area contributed by atoms with Gasteiger partial charge in [-0.15, -0.1) is 0 Å². The Hall–Kier alpha value is -2.41. The third-order valence-corrected chi connectivity index (χ3v) is 5.63. The Balaban J connectivity index is 1.67.